The average molecular weight is 439 g/mol. The Labute approximate surface area is 188 Å². The Morgan fingerprint density at radius 3 is 2.81 bits per heavy atom. The third-order valence-electron chi connectivity index (χ3n) is 5.71. The molecule has 0 fully saturated rings. The van der Waals surface area contributed by atoms with Gasteiger partial charge in [-0.05, 0) is 50.8 Å². The number of aliphatic carboxylic acids is 1. The predicted octanol–water partition coefficient (Wildman–Crippen LogP) is 4.94. The largest absolute Gasteiger partial charge is 0.493 e. The minimum absolute atomic E-state index is 0.0659. The van der Waals surface area contributed by atoms with Crippen LogP contribution in [0.5, 0.6) is 5.75 Å². The van der Waals surface area contributed by atoms with E-state index in [0.717, 1.165) is 46.7 Å². The highest BCUT2D eigenvalue weighted by Gasteiger charge is 2.29. The number of hydrogen-bond donors (Lipinski definition) is 2. The Morgan fingerprint density at radius 2 is 2.06 bits per heavy atom. The molecule has 0 bridgehead atoms. The lowest BCUT2D eigenvalue weighted by Crippen LogP contribution is -2.40. The van der Waals surface area contributed by atoms with Crippen LogP contribution < -0.4 is 15.0 Å². The van der Waals surface area contributed by atoms with Crippen molar-refractivity contribution in [2.45, 2.75) is 58.1 Å². The molecule has 1 unspecified atom stereocenters. The molecule has 0 spiro atoms. The first kappa shape index (κ1) is 22.0. The van der Waals surface area contributed by atoms with Gasteiger partial charge in [-0.15, -0.1) is 0 Å². The molecule has 0 radical (unpaired) electrons. The monoisotopic (exact) mass is 438 g/mol. The summed E-state index contributed by atoms with van der Waals surface area (Å²) in [6, 6.07) is 11.9. The molecule has 170 valence electrons. The van der Waals surface area contributed by atoms with E-state index in [2.05, 4.69) is 11.4 Å². The van der Waals surface area contributed by atoms with E-state index in [4.69, 9.17) is 14.6 Å². The number of carboxylic acid groups (broad SMARTS) is 1. The van der Waals surface area contributed by atoms with Gasteiger partial charge in [0.25, 0.3) is 0 Å². The van der Waals surface area contributed by atoms with E-state index in [1.165, 1.54) is 0 Å². The smallest absolute Gasteiger partial charge is 0.414 e. The van der Waals surface area contributed by atoms with E-state index in [1.807, 2.05) is 51.1 Å². The van der Waals surface area contributed by atoms with Gasteiger partial charge >= 0.3 is 12.1 Å². The number of carbonyl (C=O) groups is 2. The molecule has 0 saturated heterocycles. The Morgan fingerprint density at radius 1 is 1.25 bits per heavy atom. The lowest BCUT2D eigenvalue weighted by atomic mass is 9.97. The number of amides is 1. The van der Waals surface area contributed by atoms with Crippen molar-refractivity contribution in [1.29, 1.82) is 0 Å². The van der Waals surface area contributed by atoms with E-state index in [9.17, 15) is 9.59 Å². The average Bonchev–Trinajstić information content (AvgIpc) is 3.11. The van der Waals surface area contributed by atoms with E-state index in [1.54, 1.807) is 4.90 Å². The summed E-state index contributed by atoms with van der Waals surface area (Å²) >= 11 is 0. The van der Waals surface area contributed by atoms with Crippen LogP contribution in [0.3, 0.4) is 0 Å². The number of nitrogens with zero attached hydrogens (tertiary/aromatic N) is 1. The molecule has 0 saturated carbocycles. The number of ether oxygens (including phenoxy) is 2. The number of rotatable bonds is 5. The molecule has 7 heteroatoms. The van der Waals surface area contributed by atoms with E-state index in [0.29, 0.717) is 19.7 Å². The lowest BCUT2D eigenvalue weighted by molar-refractivity contribution is -0.137. The molecule has 2 aromatic rings. The van der Waals surface area contributed by atoms with Crippen molar-refractivity contribution in [3.8, 4) is 5.75 Å². The van der Waals surface area contributed by atoms with Crippen molar-refractivity contribution in [2.24, 2.45) is 0 Å². The first-order valence-corrected chi connectivity index (χ1v) is 11.0. The van der Waals surface area contributed by atoms with Gasteiger partial charge in [0, 0.05) is 36.3 Å². The molecular weight excluding hydrogens is 408 g/mol. The number of fused-ring (bicyclic) bond motifs is 2. The fourth-order valence-electron chi connectivity index (χ4n) is 4.34. The minimum Gasteiger partial charge on any atom is -0.493 e. The SMILES string of the molecule is CC(C)(C)OC(=O)N1CCCc2cccc(CNc3ccc4c(c3)OCC4CC(=O)O)c21. The summed E-state index contributed by atoms with van der Waals surface area (Å²) in [4.78, 5) is 25.7. The molecular formula is C25H30N2O5. The quantitative estimate of drug-likeness (QED) is 0.688. The maximum atomic E-state index is 12.9. The summed E-state index contributed by atoms with van der Waals surface area (Å²) in [6.45, 7) is 7.19. The van der Waals surface area contributed by atoms with Crippen LogP contribution in [-0.2, 0) is 22.5 Å². The van der Waals surface area contributed by atoms with Gasteiger partial charge < -0.3 is 19.9 Å². The molecule has 0 aromatic heterocycles. The maximum absolute atomic E-state index is 12.9. The van der Waals surface area contributed by atoms with Gasteiger partial charge in [0.2, 0.25) is 0 Å². The Kier molecular flexibility index (Phi) is 6.00. The predicted molar refractivity (Wildman–Crippen MR) is 123 cm³/mol. The fraction of sp³-hybridized carbons (Fsp3) is 0.440. The van der Waals surface area contributed by atoms with Crippen LogP contribution in [0.4, 0.5) is 16.2 Å². The number of anilines is 2. The standard InChI is InChI=1S/C25H30N2O5/c1-25(2,3)32-24(30)27-11-5-8-16-6-4-7-17(23(16)27)14-26-19-9-10-20-18(12-22(28)29)15-31-21(20)13-19/h4,6-7,9-10,13,18,26H,5,8,11-12,14-15H2,1-3H3,(H,28,29). The third kappa shape index (κ3) is 4.82. The van der Waals surface area contributed by atoms with E-state index < -0.39 is 11.6 Å². The Balaban J connectivity index is 1.52. The normalized spacial score (nSPS) is 17.2. The number of carbonyl (C=O) groups excluding carboxylic acids is 1. The first-order valence-electron chi connectivity index (χ1n) is 11.0. The third-order valence-corrected chi connectivity index (χ3v) is 5.71. The number of nitrogens with one attached hydrogen (secondary N) is 1. The number of carboxylic acids is 1. The molecule has 4 rings (SSSR count). The van der Waals surface area contributed by atoms with Gasteiger partial charge in [0.05, 0.1) is 18.7 Å². The molecule has 7 nitrogen and oxygen atoms in total. The summed E-state index contributed by atoms with van der Waals surface area (Å²) in [5, 5.41) is 12.5. The minimum atomic E-state index is -0.822. The number of para-hydroxylation sites is 1. The highest BCUT2D eigenvalue weighted by Crippen LogP contribution is 2.38. The van der Waals surface area contributed by atoms with Gasteiger partial charge in [-0.3, -0.25) is 9.69 Å². The van der Waals surface area contributed by atoms with Crippen molar-refractivity contribution in [3.63, 3.8) is 0 Å². The van der Waals surface area contributed by atoms with Crippen LogP contribution >= 0.6 is 0 Å². The van der Waals surface area contributed by atoms with Crippen molar-refractivity contribution >= 4 is 23.4 Å². The summed E-state index contributed by atoms with van der Waals surface area (Å²) < 4.78 is 11.4. The van der Waals surface area contributed by atoms with Crippen LogP contribution in [0, 0.1) is 0 Å². The van der Waals surface area contributed by atoms with Crippen LogP contribution in [0.25, 0.3) is 0 Å². The van der Waals surface area contributed by atoms with Crippen molar-refractivity contribution in [2.75, 3.05) is 23.4 Å². The second kappa shape index (κ2) is 8.73. The second-order valence-corrected chi connectivity index (χ2v) is 9.37. The topological polar surface area (TPSA) is 88.1 Å². The van der Waals surface area contributed by atoms with Crippen molar-refractivity contribution < 1.29 is 24.2 Å². The Hall–Kier alpha value is -3.22. The maximum Gasteiger partial charge on any atom is 0.414 e. The van der Waals surface area contributed by atoms with Crippen molar-refractivity contribution in [3.05, 3.63) is 53.1 Å². The van der Waals surface area contributed by atoms with Gasteiger partial charge in [0.1, 0.15) is 11.4 Å². The molecule has 0 aliphatic carbocycles. The van der Waals surface area contributed by atoms with Gasteiger partial charge in [0.15, 0.2) is 0 Å². The summed E-state index contributed by atoms with van der Waals surface area (Å²) in [6.07, 6.45) is 1.58. The van der Waals surface area contributed by atoms with Crippen LogP contribution in [0.2, 0.25) is 0 Å². The van der Waals surface area contributed by atoms with Gasteiger partial charge in [-0.1, -0.05) is 24.3 Å². The van der Waals surface area contributed by atoms with Crippen LogP contribution in [0.1, 0.15) is 56.2 Å². The summed E-state index contributed by atoms with van der Waals surface area (Å²) in [5.74, 6) is -0.205. The van der Waals surface area contributed by atoms with Crippen molar-refractivity contribution in [1.82, 2.24) is 0 Å². The highest BCUT2D eigenvalue weighted by molar-refractivity contribution is 5.90. The number of aryl methyl sites for hydroxylation is 1. The molecule has 2 aromatic carbocycles. The molecule has 2 heterocycles. The molecule has 2 aliphatic rings. The molecule has 2 N–H and O–H groups in total. The number of hydrogen-bond acceptors (Lipinski definition) is 5. The molecule has 2 aliphatic heterocycles. The molecule has 32 heavy (non-hydrogen) atoms. The number of benzene rings is 2. The molecule has 1 atom stereocenters. The summed E-state index contributed by atoms with van der Waals surface area (Å²) in [7, 11) is 0. The van der Waals surface area contributed by atoms with Crippen LogP contribution in [0.15, 0.2) is 36.4 Å². The van der Waals surface area contributed by atoms with Gasteiger partial charge in [-0.25, -0.2) is 4.79 Å². The summed E-state index contributed by atoms with van der Waals surface area (Å²) in [5.41, 5.74) is 4.38. The van der Waals surface area contributed by atoms with E-state index >= 15 is 0 Å². The zero-order valence-electron chi connectivity index (χ0n) is 18.8. The van der Waals surface area contributed by atoms with Gasteiger partial charge in [-0.2, -0.15) is 0 Å². The lowest BCUT2D eigenvalue weighted by Gasteiger charge is -2.33. The fourth-order valence-corrected chi connectivity index (χ4v) is 4.34. The zero-order chi connectivity index (χ0) is 22.9. The first-order chi connectivity index (χ1) is 15.2. The molecule has 1 amide bonds. The van der Waals surface area contributed by atoms with Crippen LogP contribution in [-0.4, -0.2) is 35.9 Å². The van der Waals surface area contributed by atoms with E-state index in [-0.39, 0.29) is 18.4 Å². The zero-order valence-corrected chi connectivity index (χ0v) is 18.8. The Bertz CT molecular complexity index is 1030. The second-order valence-electron chi connectivity index (χ2n) is 9.37. The highest BCUT2D eigenvalue weighted by atomic mass is 16.6.